The summed E-state index contributed by atoms with van der Waals surface area (Å²) in [5.74, 6) is 0.459. The summed E-state index contributed by atoms with van der Waals surface area (Å²) < 4.78 is 6.23. The van der Waals surface area contributed by atoms with E-state index < -0.39 is 0 Å². The average molecular weight is 504 g/mol. The first-order valence-electron chi connectivity index (χ1n) is 13.1. The topological polar surface area (TPSA) is 25.5 Å². The van der Waals surface area contributed by atoms with Gasteiger partial charge in [-0.15, -0.1) is 0 Å². The predicted molar refractivity (Wildman–Crippen MR) is 156 cm³/mol. The summed E-state index contributed by atoms with van der Waals surface area (Å²) >= 11 is 6.68. The summed E-state index contributed by atoms with van der Waals surface area (Å²) in [6.45, 7) is 4.56. The first-order valence-corrected chi connectivity index (χ1v) is 13.5. The molecule has 6 rings (SSSR count). The van der Waals surface area contributed by atoms with Gasteiger partial charge in [0.15, 0.2) is 0 Å². The molecule has 0 saturated carbocycles. The van der Waals surface area contributed by atoms with Crippen LogP contribution in [-0.4, -0.2) is 5.71 Å². The van der Waals surface area contributed by atoms with Gasteiger partial charge in [0.2, 0.25) is 0 Å². The van der Waals surface area contributed by atoms with Gasteiger partial charge in [0.1, 0.15) is 11.2 Å². The molecule has 0 N–H and O–H groups in total. The van der Waals surface area contributed by atoms with Crippen LogP contribution in [0, 0.1) is 11.8 Å². The first kappa shape index (κ1) is 23.8. The van der Waals surface area contributed by atoms with Gasteiger partial charge in [0.25, 0.3) is 0 Å². The predicted octanol–water partition coefficient (Wildman–Crippen LogP) is 9.92. The van der Waals surface area contributed by atoms with E-state index in [1.807, 2.05) is 18.2 Å². The van der Waals surface area contributed by atoms with E-state index in [-0.39, 0.29) is 17.9 Å². The van der Waals surface area contributed by atoms with E-state index in [1.165, 1.54) is 16.7 Å². The van der Waals surface area contributed by atoms with Crippen molar-refractivity contribution < 1.29 is 4.42 Å². The van der Waals surface area contributed by atoms with E-state index in [4.69, 9.17) is 21.0 Å². The molecule has 0 saturated heterocycles. The molecule has 5 aromatic rings. The van der Waals surface area contributed by atoms with Crippen molar-refractivity contribution in [3.63, 3.8) is 0 Å². The summed E-state index contributed by atoms with van der Waals surface area (Å²) in [5.41, 5.74) is 7.76. The Labute approximate surface area is 223 Å². The van der Waals surface area contributed by atoms with Gasteiger partial charge in [-0.2, -0.15) is 0 Å². The van der Waals surface area contributed by atoms with Gasteiger partial charge in [0, 0.05) is 45.0 Å². The fraction of sp³-hybridized carbons (Fsp3) is 0.206. The second-order valence-electron chi connectivity index (χ2n) is 9.97. The van der Waals surface area contributed by atoms with Crippen molar-refractivity contribution in [2.24, 2.45) is 16.8 Å². The number of nitrogens with zero attached hydrogens (tertiary/aromatic N) is 1. The Bertz CT molecular complexity index is 1610. The number of allylic oxidation sites excluding steroid dienone is 1. The van der Waals surface area contributed by atoms with Crippen molar-refractivity contribution in [3.8, 4) is 0 Å². The highest BCUT2D eigenvalue weighted by Gasteiger charge is 2.30. The quantitative estimate of drug-likeness (QED) is 0.239. The third-order valence-electron chi connectivity index (χ3n) is 7.62. The highest BCUT2D eigenvalue weighted by molar-refractivity contribution is 6.33. The van der Waals surface area contributed by atoms with Crippen LogP contribution in [0.4, 0.5) is 0 Å². The molecule has 0 fully saturated rings. The molecule has 3 heteroatoms. The van der Waals surface area contributed by atoms with Crippen LogP contribution >= 0.6 is 11.6 Å². The van der Waals surface area contributed by atoms with Crippen molar-refractivity contribution in [2.45, 2.75) is 32.7 Å². The molecule has 0 spiro atoms. The Morgan fingerprint density at radius 1 is 0.865 bits per heavy atom. The largest absolute Gasteiger partial charge is 0.456 e. The lowest BCUT2D eigenvalue weighted by Crippen LogP contribution is -2.22. The molecule has 3 atom stereocenters. The number of benzene rings is 4. The van der Waals surface area contributed by atoms with Gasteiger partial charge in [-0.1, -0.05) is 110 Å². The van der Waals surface area contributed by atoms with Crippen LogP contribution in [0.5, 0.6) is 0 Å². The molecule has 1 aromatic heterocycles. The molecule has 184 valence electrons. The minimum atomic E-state index is -0.0115. The van der Waals surface area contributed by atoms with E-state index in [1.54, 1.807) is 0 Å². The van der Waals surface area contributed by atoms with Crippen LogP contribution < -0.4 is 0 Å². The molecule has 0 bridgehead atoms. The van der Waals surface area contributed by atoms with Crippen LogP contribution in [-0.2, 0) is 0 Å². The highest BCUT2D eigenvalue weighted by Crippen LogP contribution is 2.43. The average Bonchev–Trinajstić information content (AvgIpc) is 3.30. The minimum Gasteiger partial charge on any atom is -0.456 e. The SMILES string of the molecule is CCC1/C(c2ccccc2)=C/CC(C)C(c2cc(Cl)cc3oc4ccccc4c23)=NC1c1ccccc1. The normalized spacial score (nSPS) is 21.8. The summed E-state index contributed by atoms with van der Waals surface area (Å²) in [5, 5.41) is 2.87. The van der Waals surface area contributed by atoms with Gasteiger partial charge in [-0.3, -0.25) is 4.99 Å². The number of fused-ring (bicyclic) bond motifs is 3. The maximum atomic E-state index is 6.68. The molecule has 0 aliphatic carbocycles. The first-order chi connectivity index (χ1) is 18.1. The number of halogens is 1. The lowest BCUT2D eigenvalue weighted by atomic mass is 9.78. The zero-order chi connectivity index (χ0) is 25.4. The maximum Gasteiger partial charge on any atom is 0.137 e. The Hall–Kier alpha value is -3.62. The van der Waals surface area contributed by atoms with Crippen LogP contribution in [0.1, 0.15) is 49.4 Å². The number of para-hydroxylation sites is 1. The smallest absolute Gasteiger partial charge is 0.137 e. The standard InChI is InChI=1S/C34H30ClNO/c1-3-26-27(23-12-6-4-7-13-23)19-18-22(2)33(36-34(26)24-14-8-5-9-15-24)29-20-25(35)21-31-32(29)28-16-10-11-17-30(28)37-31/h4-17,19-22,26,34H,3,18H2,1-2H3/b27-19+,36-33?. The summed E-state index contributed by atoms with van der Waals surface area (Å²) in [7, 11) is 0. The van der Waals surface area contributed by atoms with Crippen molar-refractivity contribution in [1.29, 1.82) is 0 Å². The zero-order valence-corrected chi connectivity index (χ0v) is 22.0. The van der Waals surface area contributed by atoms with E-state index in [0.717, 1.165) is 46.1 Å². The molecule has 37 heavy (non-hydrogen) atoms. The number of hydrogen-bond acceptors (Lipinski definition) is 2. The van der Waals surface area contributed by atoms with Gasteiger partial charge in [0.05, 0.1) is 6.04 Å². The van der Waals surface area contributed by atoms with Gasteiger partial charge < -0.3 is 4.42 Å². The second kappa shape index (κ2) is 10.0. The molecule has 1 aliphatic rings. The zero-order valence-electron chi connectivity index (χ0n) is 21.2. The van der Waals surface area contributed by atoms with E-state index in [9.17, 15) is 0 Å². The Balaban J connectivity index is 1.60. The Morgan fingerprint density at radius 2 is 1.57 bits per heavy atom. The Kier molecular flexibility index (Phi) is 6.44. The number of furan rings is 1. The molecule has 0 radical (unpaired) electrons. The number of aliphatic imine (C=N–C) groups is 1. The molecule has 2 nitrogen and oxygen atoms in total. The van der Waals surface area contributed by atoms with E-state index in [2.05, 4.69) is 98.8 Å². The molecular weight excluding hydrogens is 474 g/mol. The van der Waals surface area contributed by atoms with Crippen molar-refractivity contribution in [1.82, 2.24) is 0 Å². The van der Waals surface area contributed by atoms with Crippen LogP contribution in [0.2, 0.25) is 5.02 Å². The van der Waals surface area contributed by atoms with Gasteiger partial charge in [-0.05, 0) is 41.7 Å². The molecule has 4 aromatic carbocycles. The van der Waals surface area contributed by atoms with Crippen molar-refractivity contribution in [3.05, 3.63) is 125 Å². The van der Waals surface area contributed by atoms with Crippen LogP contribution in [0.15, 0.2) is 113 Å². The lowest BCUT2D eigenvalue weighted by Gasteiger charge is -2.31. The summed E-state index contributed by atoms with van der Waals surface area (Å²) in [6.07, 6.45) is 4.35. The number of rotatable bonds is 4. The van der Waals surface area contributed by atoms with Crippen LogP contribution in [0.3, 0.4) is 0 Å². The summed E-state index contributed by atoms with van der Waals surface area (Å²) in [4.78, 5) is 5.64. The monoisotopic (exact) mass is 503 g/mol. The third-order valence-corrected chi connectivity index (χ3v) is 7.84. The van der Waals surface area contributed by atoms with Crippen LogP contribution in [0.25, 0.3) is 27.5 Å². The highest BCUT2D eigenvalue weighted by atomic mass is 35.5. The van der Waals surface area contributed by atoms with E-state index >= 15 is 0 Å². The maximum absolute atomic E-state index is 6.68. The minimum absolute atomic E-state index is 0.0115. The molecule has 1 aliphatic heterocycles. The van der Waals surface area contributed by atoms with Crippen molar-refractivity contribution in [2.75, 3.05) is 0 Å². The van der Waals surface area contributed by atoms with Gasteiger partial charge in [-0.25, -0.2) is 0 Å². The number of hydrogen-bond donors (Lipinski definition) is 0. The van der Waals surface area contributed by atoms with Crippen molar-refractivity contribution >= 4 is 44.8 Å². The second-order valence-corrected chi connectivity index (χ2v) is 10.4. The van der Waals surface area contributed by atoms with Gasteiger partial charge >= 0.3 is 0 Å². The summed E-state index contributed by atoms with van der Waals surface area (Å²) in [6, 6.07) is 33.7. The fourth-order valence-electron chi connectivity index (χ4n) is 5.82. The Morgan fingerprint density at radius 3 is 2.32 bits per heavy atom. The molecule has 0 amide bonds. The van der Waals surface area contributed by atoms with E-state index in [0.29, 0.717) is 5.02 Å². The fourth-order valence-corrected chi connectivity index (χ4v) is 6.03. The molecular formula is C34H30ClNO. The molecule has 3 unspecified atom stereocenters. The molecule has 2 heterocycles. The lowest BCUT2D eigenvalue weighted by molar-refractivity contribution is 0.514. The third kappa shape index (κ3) is 4.40.